The van der Waals surface area contributed by atoms with Crippen molar-refractivity contribution in [2.24, 2.45) is 11.7 Å². The number of phosphoric ester groups is 1. The maximum Gasteiger partial charge on any atom is 0.469 e. The van der Waals surface area contributed by atoms with Crippen LogP contribution in [0.2, 0.25) is 0 Å². The summed E-state index contributed by atoms with van der Waals surface area (Å²) in [6.45, 7) is 5.65. The van der Waals surface area contributed by atoms with Gasteiger partial charge >= 0.3 is 7.82 Å². The number of aliphatic hydroxyl groups is 1. The fraction of sp³-hybridized carbons (Fsp3) is 0.533. The van der Waals surface area contributed by atoms with Crippen LogP contribution in [0.1, 0.15) is 45.4 Å². The van der Waals surface area contributed by atoms with Crippen LogP contribution in [0.25, 0.3) is 0 Å². The van der Waals surface area contributed by atoms with E-state index in [4.69, 9.17) is 15.5 Å². The molecule has 1 aromatic carbocycles. The molecule has 1 aromatic heterocycles. The van der Waals surface area contributed by atoms with Crippen molar-refractivity contribution < 1.29 is 48.0 Å². The second-order valence-electron chi connectivity index (χ2n) is 11.9. The van der Waals surface area contributed by atoms with Crippen molar-refractivity contribution in [2.45, 2.75) is 77.4 Å². The molecule has 19 heteroatoms. The van der Waals surface area contributed by atoms with Crippen molar-refractivity contribution in [2.75, 3.05) is 19.7 Å². The van der Waals surface area contributed by atoms with Crippen LogP contribution in [0.5, 0.6) is 0 Å². The number of aromatic nitrogens is 2. The lowest BCUT2D eigenvalue weighted by Crippen LogP contribution is -2.60. The fourth-order valence-corrected chi connectivity index (χ4v) is 5.42. The van der Waals surface area contributed by atoms with Crippen molar-refractivity contribution in [3.05, 3.63) is 54.1 Å². The molecular weight excluding hydrogens is 663 g/mol. The summed E-state index contributed by atoms with van der Waals surface area (Å²) in [5, 5.41) is 20.5. The maximum absolute atomic E-state index is 13.5. The molecule has 18 nitrogen and oxygen atoms in total. The molecule has 0 aliphatic rings. The van der Waals surface area contributed by atoms with E-state index in [1.807, 2.05) is 44.2 Å². The minimum atomic E-state index is -5.05. The Morgan fingerprint density at radius 2 is 1.67 bits per heavy atom. The largest absolute Gasteiger partial charge is 0.469 e. The number of hydrogen-bond donors (Lipinski definition) is 9. The van der Waals surface area contributed by atoms with Crippen LogP contribution in [-0.2, 0) is 46.0 Å². The summed E-state index contributed by atoms with van der Waals surface area (Å²) in [6.07, 6.45) is 1.92. The third-order valence-corrected chi connectivity index (χ3v) is 7.82. The Labute approximate surface area is 284 Å². The maximum atomic E-state index is 13.5. The van der Waals surface area contributed by atoms with E-state index in [1.54, 1.807) is 0 Å². The Balaban J connectivity index is 2.15. The molecule has 5 amide bonds. The minimum Gasteiger partial charge on any atom is -0.394 e. The lowest BCUT2D eigenvalue weighted by atomic mass is 10.0. The van der Waals surface area contributed by atoms with E-state index >= 15 is 0 Å². The molecule has 1 heterocycles. The van der Waals surface area contributed by atoms with E-state index in [1.165, 1.54) is 24.3 Å². The predicted octanol–water partition coefficient (Wildman–Crippen LogP) is -1.56. The van der Waals surface area contributed by atoms with Gasteiger partial charge in [0.1, 0.15) is 12.1 Å². The molecule has 0 saturated carbocycles. The Morgan fingerprint density at radius 1 is 1.02 bits per heavy atom. The molecule has 2 aromatic rings. The first-order valence-electron chi connectivity index (χ1n) is 15.5. The molecule has 0 aliphatic heterocycles. The molecular formula is C30H47N8O10P. The number of nitrogens with zero attached hydrogens (tertiary/aromatic N) is 2. The number of amides is 5. The van der Waals surface area contributed by atoms with Crippen LogP contribution < -0.4 is 27.0 Å². The monoisotopic (exact) mass is 710 g/mol. The van der Waals surface area contributed by atoms with Crippen molar-refractivity contribution in [1.29, 1.82) is 0 Å². The van der Waals surface area contributed by atoms with Crippen LogP contribution in [0.4, 0.5) is 0 Å². The topological polar surface area (TPSA) is 278 Å². The number of carbonyl (C=O) groups excluding carboxylic acids is 5. The molecule has 5 unspecified atom stereocenters. The van der Waals surface area contributed by atoms with Gasteiger partial charge < -0.3 is 51.8 Å². The zero-order valence-corrected chi connectivity index (χ0v) is 28.8. The second-order valence-corrected chi connectivity index (χ2v) is 13.1. The highest BCUT2D eigenvalue weighted by molar-refractivity contribution is 7.46. The molecule has 49 heavy (non-hydrogen) atoms. The Hall–Kier alpha value is -4.19. The fourth-order valence-electron chi connectivity index (χ4n) is 4.87. The Kier molecular flexibility index (Phi) is 16.5. The Morgan fingerprint density at radius 3 is 2.20 bits per heavy atom. The Bertz CT molecular complexity index is 1420. The number of phosphoric acid groups is 1. The number of H-pyrrole nitrogens is 1. The van der Waals surface area contributed by atoms with Gasteiger partial charge in [-0.2, -0.15) is 0 Å². The molecule has 10 N–H and O–H groups in total. The van der Waals surface area contributed by atoms with Crippen molar-refractivity contribution in [1.82, 2.24) is 36.1 Å². The highest BCUT2D eigenvalue weighted by Gasteiger charge is 2.34. The summed E-state index contributed by atoms with van der Waals surface area (Å²) in [7, 11) is -5.05. The van der Waals surface area contributed by atoms with Gasteiger partial charge in [0.25, 0.3) is 0 Å². The van der Waals surface area contributed by atoms with Gasteiger partial charge in [0.15, 0.2) is 0 Å². The summed E-state index contributed by atoms with van der Waals surface area (Å²) in [5.74, 6) is -3.53. The van der Waals surface area contributed by atoms with E-state index in [0.717, 1.165) is 12.5 Å². The van der Waals surface area contributed by atoms with Crippen LogP contribution in [-0.4, -0.2) is 109 Å². The number of imidazole rings is 1. The molecule has 0 saturated heterocycles. The third kappa shape index (κ3) is 15.3. The molecule has 272 valence electrons. The number of rotatable bonds is 21. The number of nitrogens with one attached hydrogen (secondary N) is 5. The van der Waals surface area contributed by atoms with Crippen molar-refractivity contribution in [3.8, 4) is 0 Å². The molecule has 0 bridgehead atoms. The van der Waals surface area contributed by atoms with Gasteiger partial charge in [-0.1, -0.05) is 44.2 Å². The third-order valence-electron chi connectivity index (χ3n) is 7.22. The van der Waals surface area contributed by atoms with Crippen LogP contribution in [0.15, 0.2) is 42.9 Å². The first-order chi connectivity index (χ1) is 23.0. The van der Waals surface area contributed by atoms with E-state index in [9.17, 15) is 33.6 Å². The molecule has 0 aliphatic carbocycles. The average Bonchev–Trinajstić information content (AvgIpc) is 3.52. The van der Waals surface area contributed by atoms with E-state index < -0.39 is 68.3 Å². The van der Waals surface area contributed by atoms with Gasteiger partial charge in [-0.3, -0.25) is 28.5 Å². The number of aromatic amines is 1. The van der Waals surface area contributed by atoms with E-state index in [-0.39, 0.29) is 37.9 Å². The zero-order chi connectivity index (χ0) is 36.7. The molecule has 2 rings (SSSR count). The normalized spacial score (nSPS) is 14.6. The van der Waals surface area contributed by atoms with Gasteiger partial charge in [0, 0.05) is 44.4 Å². The van der Waals surface area contributed by atoms with Crippen molar-refractivity contribution >= 4 is 37.4 Å². The molecule has 0 radical (unpaired) electrons. The van der Waals surface area contributed by atoms with Gasteiger partial charge in [-0.05, 0) is 24.8 Å². The number of primary amides is 1. The number of carbonyl (C=O) groups is 5. The van der Waals surface area contributed by atoms with Gasteiger partial charge in [0.2, 0.25) is 29.5 Å². The zero-order valence-electron chi connectivity index (χ0n) is 27.9. The first kappa shape index (κ1) is 41.0. The summed E-state index contributed by atoms with van der Waals surface area (Å²) in [5.41, 5.74) is 6.70. The number of nitrogens with two attached hydrogens (primary N) is 1. The van der Waals surface area contributed by atoms with Gasteiger partial charge in [-0.15, -0.1) is 0 Å². The number of hydrogen-bond acceptors (Lipinski definition) is 10. The molecule has 0 fully saturated rings. The van der Waals surface area contributed by atoms with Gasteiger partial charge in [0.05, 0.1) is 31.6 Å². The van der Waals surface area contributed by atoms with Crippen LogP contribution >= 0.6 is 7.82 Å². The number of aliphatic hydroxyl groups excluding tert-OH is 1. The predicted molar refractivity (Wildman–Crippen MR) is 176 cm³/mol. The number of benzene rings is 1. The van der Waals surface area contributed by atoms with Crippen molar-refractivity contribution in [3.63, 3.8) is 0 Å². The quantitative estimate of drug-likeness (QED) is 0.0665. The summed E-state index contributed by atoms with van der Waals surface area (Å²) in [6, 6.07) is 4.43. The highest BCUT2D eigenvalue weighted by Crippen LogP contribution is 2.38. The van der Waals surface area contributed by atoms with Crippen LogP contribution in [0.3, 0.4) is 0 Å². The first-order valence-corrected chi connectivity index (χ1v) is 17.1. The summed E-state index contributed by atoms with van der Waals surface area (Å²) < 4.78 is 15.7. The standard InChI is InChI=1S/C30H47N8O10P/c1-18(2)10-23(35-26(41)15-38(20(4)40)14-21-8-6-5-7-9-21)13-33-24(11-22-12-32-17-34-22)29(43)36-25(16-39)30(44)37-27(28(31)42)19(3)48-49(45,46)47/h5-9,12,17-19,23-25,27,33,39H,10-11,13-16H2,1-4H3,(H2,31,42)(H,32,34)(H,35,41)(H,36,43)(H,37,44)(H2,45,46,47). The lowest BCUT2D eigenvalue weighted by Gasteiger charge is -2.28. The van der Waals surface area contributed by atoms with Gasteiger partial charge in [-0.25, -0.2) is 9.55 Å². The SMILES string of the molecule is CC(=O)N(CC(=O)NC(CNC(Cc1cnc[nH]1)C(=O)NC(CO)C(=O)NC(C(N)=O)C(C)OP(=O)(O)O)CC(C)C)Cc1ccccc1. The summed E-state index contributed by atoms with van der Waals surface area (Å²) in [4.78, 5) is 90.2. The van der Waals surface area contributed by atoms with E-state index in [2.05, 4.69) is 35.8 Å². The summed E-state index contributed by atoms with van der Waals surface area (Å²) >= 11 is 0. The lowest BCUT2D eigenvalue weighted by molar-refractivity contribution is -0.135. The highest BCUT2D eigenvalue weighted by atomic mass is 31.2. The van der Waals surface area contributed by atoms with E-state index in [0.29, 0.717) is 12.1 Å². The minimum absolute atomic E-state index is 0.0558. The average molecular weight is 711 g/mol. The van der Waals surface area contributed by atoms with Crippen LogP contribution in [0, 0.1) is 5.92 Å². The second kappa shape index (κ2) is 19.7. The smallest absolute Gasteiger partial charge is 0.394 e. The molecule has 0 spiro atoms. The molecule has 5 atom stereocenters.